The smallest absolute Gasteiger partial charge is 0.343 e. The van der Waals surface area contributed by atoms with Crippen molar-refractivity contribution in [2.75, 3.05) is 0 Å². The minimum absolute atomic E-state index is 0.291. The summed E-state index contributed by atoms with van der Waals surface area (Å²) in [6, 6.07) is 14.4. The lowest BCUT2D eigenvalue weighted by Crippen LogP contribution is -2.26. The Labute approximate surface area is 148 Å². The number of aryl methyl sites for hydroxylation is 2. The second kappa shape index (κ2) is 6.48. The number of aromatic nitrogens is 2. The summed E-state index contributed by atoms with van der Waals surface area (Å²) in [5.74, 6) is -0.0116. The first-order valence-corrected chi connectivity index (χ1v) is 8.37. The molecule has 1 aliphatic rings. The lowest BCUT2D eigenvalue weighted by molar-refractivity contribution is 0.0734. The zero-order chi connectivity index (χ0) is 18.1. The van der Waals surface area contributed by atoms with Crippen LogP contribution in [-0.2, 0) is 12.8 Å². The van der Waals surface area contributed by atoms with Gasteiger partial charge in [0.15, 0.2) is 0 Å². The monoisotopic (exact) mass is 348 g/mol. The minimum Gasteiger partial charge on any atom is -0.423 e. The molecular formula is C20H16N2O4. The van der Waals surface area contributed by atoms with Crippen LogP contribution in [0.2, 0.25) is 0 Å². The van der Waals surface area contributed by atoms with E-state index in [2.05, 4.69) is 5.10 Å². The van der Waals surface area contributed by atoms with Gasteiger partial charge in [0, 0.05) is 12.1 Å². The minimum atomic E-state index is -0.517. The Kier molecular flexibility index (Phi) is 4.01. The van der Waals surface area contributed by atoms with E-state index in [0.717, 1.165) is 30.0 Å². The number of nitrogens with zero attached hydrogens (tertiary/aromatic N) is 1. The molecule has 1 heterocycles. The van der Waals surface area contributed by atoms with Crippen molar-refractivity contribution in [3.05, 3.63) is 92.0 Å². The molecule has 0 atom stereocenters. The molecule has 0 fully saturated rings. The summed E-state index contributed by atoms with van der Waals surface area (Å²) in [7, 11) is 0. The van der Waals surface area contributed by atoms with Crippen LogP contribution in [0.4, 0.5) is 0 Å². The molecule has 2 aromatic carbocycles. The van der Waals surface area contributed by atoms with E-state index in [0.29, 0.717) is 17.0 Å². The SMILES string of the molecule is O=C(Oc1ccc2c(c1)CCC2)c1cccc(-n2[nH]c(=O)ccc2=O)c1. The van der Waals surface area contributed by atoms with Gasteiger partial charge in [-0.15, -0.1) is 0 Å². The van der Waals surface area contributed by atoms with Gasteiger partial charge in [0.1, 0.15) is 5.75 Å². The number of hydrogen-bond acceptors (Lipinski definition) is 4. The van der Waals surface area contributed by atoms with Crippen molar-refractivity contribution in [3.63, 3.8) is 0 Å². The van der Waals surface area contributed by atoms with E-state index in [-0.39, 0.29) is 0 Å². The Morgan fingerprint density at radius 2 is 1.81 bits per heavy atom. The largest absolute Gasteiger partial charge is 0.423 e. The molecule has 0 radical (unpaired) electrons. The molecule has 1 N–H and O–H groups in total. The van der Waals surface area contributed by atoms with Gasteiger partial charge in [0.2, 0.25) is 0 Å². The van der Waals surface area contributed by atoms with Crippen molar-refractivity contribution in [2.24, 2.45) is 0 Å². The maximum Gasteiger partial charge on any atom is 0.343 e. The molecule has 0 saturated carbocycles. The van der Waals surface area contributed by atoms with Crippen LogP contribution in [0.5, 0.6) is 5.75 Å². The summed E-state index contributed by atoms with van der Waals surface area (Å²) in [6.07, 6.45) is 3.19. The number of hydrogen-bond donors (Lipinski definition) is 1. The van der Waals surface area contributed by atoms with Crippen LogP contribution in [-0.4, -0.2) is 15.7 Å². The van der Waals surface area contributed by atoms with Gasteiger partial charge in [-0.1, -0.05) is 12.1 Å². The predicted octanol–water partition coefficient (Wildman–Crippen LogP) is 2.23. The molecule has 0 spiro atoms. The van der Waals surface area contributed by atoms with Crippen LogP contribution in [0.25, 0.3) is 5.69 Å². The highest BCUT2D eigenvalue weighted by Gasteiger charge is 2.14. The van der Waals surface area contributed by atoms with Crippen molar-refractivity contribution < 1.29 is 9.53 Å². The molecule has 3 aromatic rings. The Morgan fingerprint density at radius 1 is 0.962 bits per heavy atom. The van der Waals surface area contributed by atoms with Gasteiger partial charge in [0.25, 0.3) is 11.1 Å². The molecule has 0 aliphatic heterocycles. The average Bonchev–Trinajstić information content (AvgIpc) is 3.11. The number of nitrogens with one attached hydrogen (secondary N) is 1. The van der Waals surface area contributed by atoms with Crippen LogP contribution in [0.3, 0.4) is 0 Å². The van der Waals surface area contributed by atoms with Crippen molar-refractivity contribution in [2.45, 2.75) is 19.3 Å². The normalized spacial score (nSPS) is 12.6. The van der Waals surface area contributed by atoms with Crippen LogP contribution in [0, 0.1) is 0 Å². The number of carbonyl (C=O) groups is 1. The highest BCUT2D eigenvalue weighted by atomic mass is 16.5. The standard InChI is InChI=1S/C20H16N2O4/c23-18-9-10-19(24)22(21-18)16-6-2-5-15(11-16)20(25)26-17-8-7-13-3-1-4-14(13)12-17/h2,5-12H,1,3-4H2,(H,21,23). The van der Waals surface area contributed by atoms with E-state index in [1.54, 1.807) is 24.3 Å². The quantitative estimate of drug-likeness (QED) is 0.581. The van der Waals surface area contributed by atoms with Crippen molar-refractivity contribution in [1.29, 1.82) is 0 Å². The summed E-state index contributed by atoms with van der Waals surface area (Å²) < 4.78 is 6.56. The summed E-state index contributed by atoms with van der Waals surface area (Å²) in [5, 5.41) is 2.43. The first-order valence-electron chi connectivity index (χ1n) is 8.37. The van der Waals surface area contributed by atoms with Crippen LogP contribution >= 0.6 is 0 Å². The fourth-order valence-electron chi connectivity index (χ4n) is 3.17. The summed E-state index contributed by atoms with van der Waals surface area (Å²) in [4.78, 5) is 35.9. The maximum atomic E-state index is 12.5. The third-order valence-electron chi connectivity index (χ3n) is 4.44. The molecule has 1 aromatic heterocycles. The molecule has 0 amide bonds. The fraction of sp³-hybridized carbons (Fsp3) is 0.150. The topological polar surface area (TPSA) is 81.2 Å². The lowest BCUT2D eigenvalue weighted by Gasteiger charge is -2.09. The Morgan fingerprint density at radius 3 is 2.69 bits per heavy atom. The van der Waals surface area contributed by atoms with E-state index in [9.17, 15) is 14.4 Å². The van der Waals surface area contributed by atoms with E-state index in [1.807, 2.05) is 12.1 Å². The highest BCUT2D eigenvalue weighted by Crippen LogP contribution is 2.26. The molecule has 26 heavy (non-hydrogen) atoms. The number of fused-ring (bicyclic) bond motifs is 1. The summed E-state index contributed by atoms with van der Waals surface area (Å²) in [6.45, 7) is 0. The average molecular weight is 348 g/mol. The second-order valence-corrected chi connectivity index (χ2v) is 6.21. The van der Waals surface area contributed by atoms with Gasteiger partial charge in [-0.05, 0) is 60.7 Å². The third-order valence-corrected chi connectivity index (χ3v) is 4.44. The number of carbonyl (C=O) groups excluding carboxylic acids is 1. The summed E-state index contributed by atoms with van der Waals surface area (Å²) in [5.41, 5.74) is 2.40. The second-order valence-electron chi connectivity index (χ2n) is 6.21. The Hall–Kier alpha value is -3.41. The van der Waals surface area contributed by atoms with E-state index in [4.69, 9.17) is 4.74 Å². The Balaban J connectivity index is 1.62. The molecular weight excluding hydrogens is 332 g/mol. The number of rotatable bonds is 3. The van der Waals surface area contributed by atoms with E-state index >= 15 is 0 Å². The third kappa shape index (κ3) is 3.09. The molecule has 6 nitrogen and oxygen atoms in total. The Bertz CT molecular complexity index is 1110. The van der Waals surface area contributed by atoms with Gasteiger partial charge in [0.05, 0.1) is 11.3 Å². The van der Waals surface area contributed by atoms with Crippen LogP contribution < -0.4 is 15.9 Å². The fourth-order valence-corrected chi connectivity index (χ4v) is 3.17. The van der Waals surface area contributed by atoms with Gasteiger partial charge in [-0.3, -0.25) is 14.7 Å². The van der Waals surface area contributed by atoms with Crippen LogP contribution in [0.15, 0.2) is 64.2 Å². The van der Waals surface area contributed by atoms with Crippen molar-refractivity contribution >= 4 is 5.97 Å². The zero-order valence-electron chi connectivity index (χ0n) is 13.9. The molecule has 0 bridgehead atoms. The van der Waals surface area contributed by atoms with Gasteiger partial charge in [-0.25, -0.2) is 9.48 Å². The van der Waals surface area contributed by atoms with E-state index < -0.39 is 17.1 Å². The number of aromatic amines is 1. The maximum absolute atomic E-state index is 12.5. The molecule has 1 aliphatic carbocycles. The molecule has 4 rings (SSSR count). The van der Waals surface area contributed by atoms with Crippen molar-refractivity contribution in [3.8, 4) is 11.4 Å². The molecule has 0 saturated heterocycles. The van der Waals surface area contributed by atoms with Crippen LogP contribution in [0.1, 0.15) is 27.9 Å². The van der Waals surface area contributed by atoms with Gasteiger partial charge in [-0.2, -0.15) is 0 Å². The summed E-state index contributed by atoms with van der Waals surface area (Å²) >= 11 is 0. The lowest BCUT2D eigenvalue weighted by atomic mass is 10.1. The first kappa shape index (κ1) is 16.1. The predicted molar refractivity (Wildman–Crippen MR) is 96.1 cm³/mol. The van der Waals surface area contributed by atoms with Gasteiger partial charge >= 0.3 is 5.97 Å². The molecule has 6 heteroatoms. The number of ether oxygens (including phenoxy) is 1. The highest BCUT2D eigenvalue weighted by molar-refractivity contribution is 5.91. The van der Waals surface area contributed by atoms with Crippen molar-refractivity contribution in [1.82, 2.24) is 9.78 Å². The number of benzene rings is 2. The molecule has 0 unspecified atom stereocenters. The van der Waals surface area contributed by atoms with Gasteiger partial charge < -0.3 is 4.74 Å². The number of H-pyrrole nitrogens is 1. The number of esters is 1. The first-order chi connectivity index (χ1) is 12.6. The zero-order valence-corrected chi connectivity index (χ0v) is 13.9. The molecule has 130 valence electrons. The van der Waals surface area contributed by atoms with E-state index in [1.165, 1.54) is 23.3 Å².